The van der Waals surface area contributed by atoms with E-state index in [0.717, 1.165) is 42.6 Å². The van der Waals surface area contributed by atoms with Crippen molar-refractivity contribution in [2.45, 2.75) is 57.2 Å². The molecule has 1 saturated heterocycles. The van der Waals surface area contributed by atoms with E-state index in [4.69, 9.17) is 5.11 Å². The van der Waals surface area contributed by atoms with E-state index in [1.165, 1.54) is 5.57 Å². The van der Waals surface area contributed by atoms with Gasteiger partial charge in [-0.3, -0.25) is 9.59 Å². The van der Waals surface area contributed by atoms with E-state index in [0.29, 0.717) is 5.92 Å². The molecule has 1 heterocycles. The molecule has 1 aliphatic carbocycles. The molecule has 0 unspecified atom stereocenters. The molecule has 0 bridgehead atoms. The zero-order chi connectivity index (χ0) is 20.1. The van der Waals surface area contributed by atoms with Crippen LogP contribution >= 0.6 is 11.8 Å². The minimum absolute atomic E-state index is 0.0112. The second kappa shape index (κ2) is 8.99. The number of hydrogen-bond acceptors (Lipinski definition) is 3. The maximum atomic E-state index is 13.1. The number of aliphatic carboxylic acids is 1. The van der Waals surface area contributed by atoms with Crippen molar-refractivity contribution in [2.75, 3.05) is 6.54 Å². The fraction of sp³-hybridized carbons (Fsp3) is 0.478. The SMILES string of the molecule is CC(C)CC=C1CCC2(CC1)S/C(=C\c1ccccc1)C(=O)N2CCC(=O)O. The lowest BCUT2D eigenvalue weighted by Crippen LogP contribution is -2.46. The molecule has 0 radical (unpaired) electrons. The van der Waals surface area contributed by atoms with E-state index in [2.05, 4.69) is 19.9 Å². The zero-order valence-corrected chi connectivity index (χ0v) is 17.5. The van der Waals surface area contributed by atoms with Gasteiger partial charge in [-0.2, -0.15) is 0 Å². The van der Waals surface area contributed by atoms with E-state index < -0.39 is 5.97 Å². The Labute approximate surface area is 171 Å². The second-order valence-electron chi connectivity index (χ2n) is 8.06. The van der Waals surface area contributed by atoms with Gasteiger partial charge in [0.1, 0.15) is 0 Å². The summed E-state index contributed by atoms with van der Waals surface area (Å²) in [6.07, 6.45) is 9.13. The summed E-state index contributed by atoms with van der Waals surface area (Å²) in [7, 11) is 0. The Morgan fingerprint density at radius 3 is 2.54 bits per heavy atom. The van der Waals surface area contributed by atoms with Crippen molar-refractivity contribution in [1.82, 2.24) is 4.90 Å². The topological polar surface area (TPSA) is 57.6 Å². The number of allylic oxidation sites excluding steroid dienone is 2. The van der Waals surface area contributed by atoms with Crippen molar-refractivity contribution in [2.24, 2.45) is 5.92 Å². The van der Waals surface area contributed by atoms with Crippen molar-refractivity contribution in [1.29, 1.82) is 0 Å². The van der Waals surface area contributed by atoms with Gasteiger partial charge in [-0.05, 0) is 49.7 Å². The van der Waals surface area contributed by atoms with Gasteiger partial charge < -0.3 is 10.0 Å². The molecular formula is C23H29NO3S. The van der Waals surface area contributed by atoms with Crippen LogP contribution < -0.4 is 0 Å². The van der Waals surface area contributed by atoms with Crippen LogP contribution in [0.25, 0.3) is 6.08 Å². The molecule has 0 aromatic heterocycles. The van der Waals surface area contributed by atoms with Gasteiger partial charge in [0.15, 0.2) is 0 Å². The number of carboxylic acids is 1. The Hall–Kier alpha value is -2.01. The second-order valence-corrected chi connectivity index (χ2v) is 9.46. The van der Waals surface area contributed by atoms with Crippen LogP contribution in [0.15, 0.2) is 46.9 Å². The maximum absolute atomic E-state index is 13.1. The normalized spacial score (nSPS) is 23.8. The van der Waals surface area contributed by atoms with Crippen LogP contribution in [0.3, 0.4) is 0 Å². The average Bonchev–Trinajstić information content (AvgIpc) is 2.91. The van der Waals surface area contributed by atoms with Crippen molar-refractivity contribution in [3.63, 3.8) is 0 Å². The fourth-order valence-electron chi connectivity index (χ4n) is 3.87. The molecule has 1 aromatic carbocycles. The maximum Gasteiger partial charge on any atom is 0.305 e. The Morgan fingerprint density at radius 2 is 1.93 bits per heavy atom. The molecule has 1 N–H and O–H groups in total. The minimum atomic E-state index is -0.859. The molecule has 2 aliphatic rings. The smallest absolute Gasteiger partial charge is 0.305 e. The highest BCUT2D eigenvalue weighted by molar-refractivity contribution is 8.05. The molecule has 150 valence electrons. The van der Waals surface area contributed by atoms with Gasteiger partial charge in [-0.1, -0.05) is 67.6 Å². The summed E-state index contributed by atoms with van der Waals surface area (Å²) in [6, 6.07) is 9.85. The molecule has 28 heavy (non-hydrogen) atoms. The molecule has 3 rings (SSSR count). The molecule has 1 aliphatic heterocycles. The summed E-state index contributed by atoms with van der Waals surface area (Å²) in [4.78, 5) is 26.5. The molecule has 1 amide bonds. The van der Waals surface area contributed by atoms with Gasteiger partial charge in [0.25, 0.3) is 5.91 Å². The molecule has 4 nitrogen and oxygen atoms in total. The van der Waals surface area contributed by atoms with Gasteiger partial charge in [-0.15, -0.1) is 0 Å². The quantitative estimate of drug-likeness (QED) is 0.519. The highest BCUT2D eigenvalue weighted by Crippen LogP contribution is 2.53. The zero-order valence-electron chi connectivity index (χ0n) is 16.7. The summed E-state index contributed by atoms with van der Waals surface area (Å²) >= 11 is 1.64. The van der Waals surface area contributed by atoms with E-state index >= 15 is 0 Å². The predicted octanol–water partition coefficient (Wildman–Crippen LogP) is 5.32. The van der Waals surface area contributed by atoms with Gasteiger partial charge in [-0.25, -0.2) is 0 Å². The Bertz CT molecular complexity index is 772. The number of benzene rings is 1. The standard InChI is InChI=1S/C23H29NO3S/c1-17(2)8-9-18-10-13-23(14-11-18)24(15-12-21(25)26)22(27)20(28-23)16-19-6-4-3-5-7-19/h3-7,9,16-17H,8,10-15H2,1-2H3,(H,25,26)/b18-9?,20-16-. The van der Waals surface area contributed by atoms with Crippen molar-refractivity contribution < 1.29 is 14.7 Å². The van der Waals surface area contributed by atoms with Crippen LogP contribution in [0.4, 0.5) is 0 Å². The number of hydrogen-bond donors (Lipinski definition) is 1. The van der Waals surface area contributed by atoms with E-state index in [1.807, 2.05) is 41.3 Å². The third-order valence-electron chi connectivity index (χ3n) is 5.45. The first kappa shape index (κ1) is 20.7. The van der Waals surface area contributed by atoms with Gasteiger partial charge in [0, 0.05) is 6.54 Å². The molecule has 1 aromatic rings. The molecule has 5 heteroatoms. The lowest BCUT2D eigenvalue weighted by Gasteiger charge is -2.40. The Morgan fingerprint density at radius 1 is 1.25 bits per heavy atom. The summed E-state index contributed by atoms with van der Waals surface area (Å²) < 4.78 is 0. The monoisotopic (exact) mass is 399 g/mol. The highest BCUT2D eigenvalue weighted by atomic mass is 32.2. The molecule has 0 atom stereocenters. The largest absolute Gasteiger partial charge is 0.481 e. The van der Waals surface area contributed by atoms with Gasteiger partial charge >= 0.3 is 5.97 Å². The number of amides is 1. The average molecular weight is 400 g/mol. The molecular weight excluding hydrogens is 370 g/mol. The molecule has 1 spiro atoms. The van der Waals surface area contributed by atoms with Crippen LogP contribution in [0.1, 0.15) is 57.9 Å². The van der Waals surface area contributed by atoms with Crippen LogP contribution in [0.2, 0.25) is 0 Å². The third-order valence-corrected chi connectivity index (χ3v) is 6.97. The number of carboxylic acid groups (broad SMARTS) is 1. The highest BCUT2D eigenvalue weighted by Gasteiger charge is 2.49. The lowest BCUT2D eigenvalue weighted by atomic mass is 9.88. The van der Waals surface area contributed by atoms with Crippen LogP contribution in [0, 0.1) is 5.92 Å². The number of thioether (sulfide) groups is 1. The van der Waals surface area contributed by atoms with Crippen LogP contribution in [0.5, 0.6) is 0 Å². The first-order chi connectivity index (χ1) is 13.4. The lowest BCUT2D eigenvalue weighted by molar-refractivity contribution is -0.138. The number of nitrogens with zero attached hydrogens (tertiary/aromatic N) is 1. The number of carbonyl (C=O) groups excluding carboxylic acids is 1. The first-order valence-corrected chi connectivity index (χ1v) is 10.9. The third kappa shape index (κ3) is 4.88. The van der Waals surface area contributed by atoms with Crippen LogP contribution in [-0.4, -0.2) is 33.3 Å². The summed E-state index contributed by atoms with van der Waals surface area (Å²) in [6.45, 7) is 4.72. The van der Waals surface area contributed by atoms with Crippen molar-refractivity contribution in [3.8, 4) is 0 Å². The number of rotatable bonds is 6. The summed E-state index contributed by atoms with van der Waals surface area (Å²) in [5, 5.41) is 9.14. The van der Waals surface area contributed by atoms with E-state index in [9.17, 15) is 9.59 Å². The van der Waals surface area contributed by atoms with E-state index in [1.54, 1.807) is 11.8 Å². The summed E-state index contributed by atoms with van der Waals surface area (Å²) in [5.41, 5.74) is 2.48. The van der Waals surface area contributed by atoms with Gasteiger partial charge in [0.2, 0.25) is 0 Å². The number of carbonyl (C=O) groups is 2. The van der Waals surface area contributed by atoms with Crippen molar-refractivity contribution >= 4 is 29.7 Å². The fourth-order valence-corrected chi connectivity index (χ4v) is 5.36. The van der Waals surface area contributed by atoms with Crippen LogP contribution in [-0.2, 0) is 9.59 Å². The van der Waals surface area contributed by atoms with Crippen molar-refractivity contribution in [3.05, 3.63) is 52.4 Å². The van der Waals surface area contributed by atoms with E-state index in [-0.39, 0.29) is 23.7 Å². The molecule has 2 fully saturated rings. The minimum Gasteiger partial charge on any atom is -0.481 e. The first-order valence-electron chi connectivity index (χ1n) is 10.1. The summed E-state index contributed by atoms with van der Waals surface area (Å²) in [5.74, 6) is -0.232. The predicted molar refractivity (Wildman–Crippen MR) is 115 cm³/mol. The Kier molecular flexibility index (Phi) is 6.65. The van der Waals surface area contributed by atoms with Gasteiger partial charge in [0.05, 0.1) is 16.2 Å². The molecule has 1 saturated carbocycles. The Balaban J connectivity index is 1.81.